The predicted octanol–water partition coefficient (Wildman–Crippen LogP) is 1.53. The SMILES string of the molecule is O=C(NC[C@H]1[C@H]2CN(C3CCOCC3)C[C@]23CC[C@H]1O3)c1cscn1. The molecule has 1 aromatic heterocycles. The Bertz CT molecular complexity index is 634. The molecule has 4 fully saturated rings. The topological polar surface area (TPSA) is 63.7 Å². The molecule has 0 aromatic carbocycles. The Balaban J connectivity index is 1.26. The van der Waals surface area contributed by atoms with Crippen molar-refractivity contribution in [2.24, 2.45) is 11.8 Å². The Morgan fingerprint density at radius 2 is 2.28 bits per heavy atom. The van der Waals surface area contributed by atoms with Gasteiger partial charge in [-0.15, -0.1) is 11.3 Å². The van der Waals surface area contributed by atoms with Gasteiger partial charge in [-0.2, -0.15) is 0 Å². The van der Waals surface area contributed by atoms with Gasteiger partial charge in [0.1, 0.15) is 5.69 Å². The highest BCUT2D eigenvalue weighted by Crippen LogP contribution is 2.55. The van der Waals surface area contributed by atoms with E-state index >= 15 is 0 Å². The molecule has 6 nitrogen and oxygen atoms in total. The summed E-state index contributed by atoms with van der Waals surface area (Å²) >= 11 is 1.46. The molecule has 0 aliphatic carbocycles. The number of rotatable bonds is 4. The number of thiazole rings is 1. The first kappa shape index (κ1) is 16.2. The first-order valence-electron chi connectivity index (χ1n) is 9.41. The third-order valence-corrected chi connectivity index (χ3v) is 7.27. The molecular formula is C18H25N3O3S. The number of fused-ring (bicyclic) bond motifs is 1. The van der Waals surface area contributed by atoms with Gasteiger partial charge in [0.15, 0.2) is 0 Å². The van der Waals surface area contributed by atoms with Gasteiger partial charge < -0.3 is 14.8 Å². The fraction of sp³-hybridized carbons (Fsp3) is 0.778. The highest BCUT2D eigenvalue weighted by Gasteiger charge is 2.63. The molecule has 2 bridgehead atoms. The van der Waals surface area contributed by atoms with E-state index in [9.17, 15) is 4.79 Å². The van der Waals surface area contributed by atoms with Crippen LogP contribution in [-0.2, 0) is 9.47 Å². The van der Waals surface area contributed by atoms with Gasteiger partial charge >= 0.3 is 0 Å². The zero-order valence-corrected chi connectivity index (χ0v) is 15.2. The quantitative estimate of drug-likeness (QED) is 0.879. The summed E-state index contributed by atoms with van der Waals surface area (Å²) in [5, 5.41) is 4.90. The Hall–Kier alpha value is -1.02. The number of ether oxygens (including phenoxy) is 2. The summed E-state index contributed by atoms with van der Waals surface area (Å²) in [6, 6.07) is 0.640. The molecule has 1 N–H and O–H groups in total. The van der Waals surface area contributed by atoms with Gasteiger partial charge in [0, 0.05) is 56.1 Å². The van der Waals surface area contributed by atoms with Crippen molar-refractivity contribution in [2.75, 3.05) is 32.8 Å². The van der Waals surface area contributed by atoms with Crippen molar-refractivity contribution >= 4 is 17.2 Å². The molecule has 0 radical (unpaired) electrons. The lowest BCUT2D eigenvalue weighted by molar-refractivity contribution is -0.0122. The smallest absolute Gasteiger partial charge is 0.270 e. The first-order valence-corrected chi connectivity index (χ1v) is 10.4. The molecule has 1 spiro atoms. The van der Waals surface area contributed by atoms with Crippen molar-refractivity contribution in [1.29, 1.82) is 0 Å². The van der Waals surface area contributed by atoms with Gasteiger partial charge in [-0.3, -0.25) is 9.69 Å². The van der Waals surface area contributed by atoms with Gasteiger partial charge in [-0.25, -0.2) is 4.98 Å². The fourth-order valence-corrected chi connectivity index (χ4v) is 5.99. The highest BCUT2D eigenvalue weighted by atomic mass is 32.1. The van der Waals surface area contributed by atoms with Crippen molar-refractivity contribution < 1.29 is 14.3 Å². The van der Waals surface area contributed by atoms with Crippen LogP contribution in [0.25, 0.3) is 0 Å². The predicted molar refractivity (Wildman–Crippen MR) is 93.7 cm³/mol. The Labute approximate surface area is 151 Å². The zero-order chi connectivity index (χ0) is 16.9. The van der Waals surface area contributed by atoms with Gasteiger partial charge in [-0.1, -0.05) is 0 Å². The largest absolute Gasteiger partial charge is 0.381 e. The molecular weight excluding hydrogens is 338 g/mol. The van der Waals surface area contributed by atoms with Crippen LogP contribution in [-0.4, -0.2) is 66.4 Å². The number of likely N-dealkylation sites (tertiary alicyclic amines) is 1. The van der Waals surface area contributed by atoms with Crippen LogP contribution in [0.3, 0.4) is 0 Å². The van der Waals surface area contributed by atoms with Gasteiger partial charge in [0.2, 0.25) is 0 Å². The van der Waals surface area contributed by atoms with E-state index in [0.29, 0.717) is 36.2 Å². The summed E-state index contributed by atoms with van der Waals surface area (Å²) in [5.41, 5.74) is 2.27. The number of nitrogens with one attached hydrogen (secondary N) is 1. The van der Waals surface area contributed by atoms with E-state index in [2.05, 4.69) is 15.2 Å². The van der Waals surface area contributed by atoms with Crippen molar-refractivity contribution in [3.8, 4) is 0 Å². The number of carbonyl (C=O) groups is 1. The molecule has 4 saturated heterocycles. The second kappa shape index (κ2) is 6.30. The lowest BCUT2D eigenvalue weighted by Crippen LogP contribution is -2.42. The molecule has 4 aliphatic rings. The molecule has 4 atom stereocenters. The second-order valence-electron chi connectivity index (χ2n) is 7.89. The number of carbonyl (C=O) groups excluding carboxylic acids is 1. The van der Waals surface area contributed by atoms with E-state index < -0.39 is 0 Å². The van der Waals surface area contributed by atoms with E-state index in [1.807, 2.05) is 0 Å². The van der Waals surface area contributed by atoms with Crippen LogP contribution >= 0.6 is 11.3 Å². The van der Waals surface area contributed by atoms with Crippen LogP contribution in [0, 0.1) is 11.8 Å². The molecule has 136 valence electrons. The molecule has 5 rings (SSSR count). The lowest BCUT2D eigenvalue weighted by Gasteiger charge is -2.32. The summed E-state index contributed by atoms with van der Waals surface area (Å²) in [4.78, 5) is 19.0. The number of hydrogen-bond acceptors (Lipinski definition) is 6. The minimum absolute atomic E-state index is 0.0407. The van der Waals surface area contributed by atoms with Gasteiger partial charge in [-0.05, 0) is 25.7 Å². The molecule has 7 heteroatoms. The normalized spacial score (nSPS) is 38.2. The maximum Gasteiger partial charge on any atom is 0.270 e. The molecule has 4 aliphatic heterocycles. The number of nitrogens with zero attached hydrogens (tertiary/aromatic N) is 2. The Kier molecular flexibility index (Phi) is 4.08. The van der Waals surface area contributed by atoms with Crippen molar-refractivity contribution in [3.63, 3.8) is 0 Å². The molecule has 1 amide bonds. The Morgan fingerprint density at radius 1 is 1.40 bits per heavy atom. The van der Waals surface area contributed by atoms with Crippen LogP contribution < -0.4 is 5.32 Å². The molecule has 0 saturated carbocycles. The summed E-state index contributed by atoms with van der Waals surface area (Å²) in [5.74, 6) is 0.920. The second-order valence-corrected chi connectivity index (χ2v) is 8.61. The number of hydrogen-bond donors (Lipinski definition) is 1. The van der Waals surface area contributed by atoms with Crippen molar-refractivity contribution in [2.45, 2.75) is 43.4 Å². The van der Waals surface area contributed by atoms with Crippen molar-refractivity contribution in [1.82, 2.24) is 15.2 Å². The van der Waals surface area contributed by atoms with Gasteiger partial charge in [0.25, 0.3) is 5.91 Å². The molecule has 5 heterocycles. The zero-order valence-electron chi connectivity index (χ0n) is 14.4. The van der Waals surface area contributed by atoms with E-state index in [-0.39, 0.29) is 11.5 Å². The van der Waals surface area contributed by atoms with Crippen LogP contribution in [0.2, 0.25) is 0 Å². The average molecular weight is 363 g/mol. The van der Waals surface area contributed by atoms with Crippen LogP contribution in [0.5, 0.6) is 0 Å². The first-order chi connectivity index (χ1) is 12.3. The number of aromatic nitrogens is 1. The van der Waals surface area contributed by atoms with E-state index in [1.54, 1.807) is 10.9 Å². The summed E-state index contributed by atoms with van der Waals surface area (Å²) < 4.78 is 12.0. The van der Waals surface area contributed by atoms with Crippen LogP contribution in [0.15, 0.2) is 10.9 Å². The minimum atomic E-state index is -0.0580. The summed E-state index contributed by atoms with van der Waals surface area (Å²) in [6.45, 7) is 4.65. The fourth-order valence-electron chi connectivity index (χ4n) is 5.45. The monoisotopic (exact) mass is 363 g/mol. The van der Waals surface area contributed by atoms with Gasteiger partial charge in [0.05, 0.1) is 17.2 Å². The van der Waals surface area contributed by atoms with E-state index in [1.165, 1.54) is 17.8 Å². The molecule has 1 aromatic rings. The standard InChI is InChI=1S/C18H25N3O3S/c22-17(15-9-25-11-20-15)19-7-13-14-8-21(12-2-5-23-6-3-12)10-18(14)4-1-16(13)24-18/h9,11-14,16H,1-8,10H2,(H,19,22)/t13-,14+,16+,18+/m0/s1. The third kappa shape index (κ3) is 2.72. The molecule has 25 heavy (non-hydrogen) atoms. The van der Waals surface area contributed by atoms with Crippen molar-refractivity contribution in [3.05, 3.63) is 16.6 Å². The van der Waals surface area contributed by atoms with Crippen LogP contribution in [0.4, 0.5) is 0 Å². The lowest BCUT2D eigenvalue weighted by atomic mass is 9.73. The summed E-state index contributed by atoms with van der Waals surface area (Å²) in [7, 11) is 0. The number of amides is 1. The van der Waals surface area contributed by atoms with E-state index in [0.717, 1.165) is 45.6 Å². The third-order valence-electron chi connectivity index (χ3n) is 6.68. The van der Waals surface area contributed by atoms with E-state index in [4.69, 9.17) is 9.47 Å². The maximum absolute atomic E-state index is 12.2. The summed E-state index contributed by atoms with van der Waals surface area (Å²) in [6.07, 6.45) is 4.90. The molecule has 0 unspecified atom stereocenters. The highest BCUT2D eigenvalue weighted by molar-refractivity contribution is 7.07. The average Bonchev–Trinajstić information content (AvgIpc) is 3.40. The maximum atomic E-state index is 12.2. The Morgan fingerprint density at radius 3 is 3.08 bits per heavy atom. The van der Waals surface area contributed by atoms with Crippen LogP contribution in [0.1, 0.15) is 36.2 Å². The minimum Gasteiger partial charge on any atom is -0.381 e.